The molecular formula is C12H20N4O. The first-order valence-electron chi connectivity index (χ1n) is 5.56. The third-order valence-corrected chi connectivity index (χ3v) is 2.41. The quantitative estimate of drug-likeness (QED) is 0.544. The molecule has 0 spiro atoms. The molecule has 0 aliphatic heterocycles. The Kier molecular flexibility index (Phi) is 4.63. The van der Waals surface area contributed by atoms with Gasteiger partial charge in [-0.1, -0.05) is 0 Å². The number of urea groups is 1. The average Bonchev–Trinajstić information content (AvgIpc) is 2.28. The van der Waals surface area contributed by atoms with Crippen molar-refractivity contribution in [3.05, 3.63) is 23.8 Å². The number of nitrogens with one attached hydrogen (secondary N) is 2. The van der Waals surface area contributed by atoms with Crippen molar-refractivity contribution in [3.8, 4) is 0 Å². The summed E-state index contributed by atoms with van der Waals surface area (Å²) in [5.74, 6) is 0. The standard InChI is InChI=1S/C12H20N4O/c1-9-8-10(4-5-11(9)13)14-6-7-15-12(17)16(2)3/h4-5,8,14H,6-7,13H2,1-3H3,(H,15,17). The van der Waals surface area contributed by atoms with E-state index in [9.17, 15) is 4.79 Å². The monoisotopic (exact) mass is 236 g/mol. The maximum Gasteiger partial charge on any atom is 0.316 e. The van der Waals surface area contributed by atoms with Gasteiger partial charge in [0.05, 0.1) is 0 Å². The van der Waals surface area contributed by atoms with E-state index in [0.717, 1.165) is 16.9 Å². The molecule has 0 radical (unpaired) electrons. The van der Waals surface area contributed by atoms with Gasteiger partial charge in [0.15, 0.2) is 0 Å². The largest absolute Gasteiger partial charge is 0.399 e. The van der Waals surface area contributed by atoms with Crippen LogP contribution in [0.1, 0.15) is 5.56 Å². The van der Waals surface area contributed by atoms with Gasteiger partial charge in [-0.25, -0.2) is 4.79 Å². The molecule has 1 aromatic carbocycles. The summed E-state index contributed by atoms with van der Waals surface area (Å²) in [4.78, 5) is 12.7. The van der Waals surface area contributed by atoms with Gasteiger partial charge in [0.2, 0.25) is 0 Å². The van der Waals surface area contributed by atoms with E-state index in [1.54, 1.807) is 14.1 Å². The Labute approximate surface area is 102 Å². The predicted molar refractivity (Wildman–Crippen MR) is 71.2 cm³/mol. The molecule has 0 saturated carbocycles. The van der Waals surface area contributed by atoms with Gasteiger partial charge in [-0.15, -0.1) is 0 Å². The van der Waals surface area contributed by atoms with Crippen LogP contribution in [-0.2, 0) is 0 Å². The number of anilines is 2. The minimum Gasteiger partial charge on any atom is -0.399 e. The molecule has 5 heteroatoms. The third-order valence-electron chi connectivity index (χ3n) is 2.41. The van der Waals surface area contributed by atoms with Gasteiger partial charge in [0.1, 0.15) is 0 Å². The zero-order valence-electron chi connectivity index (χ0n) is 10.6. The van der Waals surface area contributed by atoms with Gasteiger partial charge in [-0.2, -0.15) is 0 Å². The fourth-order valence-electron chi connectivity index (χ4n) is 1.32. The van der Waals surface area contributed by atoms with Crippen LogP contribution in [0.15, 0.2) is 18.2 Å². The number of nitrogens with two attached hydrogens (primary N) is 1. The number of nitrogens with zero attached hydrogens (tertiary/aromatic N) is 1. The number of aryl methyl sites for hydroxylation is 1. The Morgan fingerprint density at radius 1 is 1.35 bits per heavy atom. The van der Waals surface area contributed by atoms with E-state index in [-0.39, 0.29) is 6.03 Å². The lowest BCUT2D eigenvalue weighted by molar-refractivity contribution is 0.218. The van der Waals surface area contributed by atoms with Crippen LogP contribution in [0.4, 0.5) is 16.2 Å². The molecule has 0 aliphatic carbocycles. The number of nitrogen functional groups attached to an aromatic ring is 1. The SMILES string of the molecule is Cc1cc(NCCNC(=O)N(C)C)ccc1N. The van der Waals surface area contributed by atoms with Gasteiger partial charge in [0.25, 0.3) is 0 Å². The lowest BCUT2D eigenvalue weighted by Crippen LogP contribution is -2.37. The molecule has 0 heterocycles. The molecule has 5 nitrogen and oxygen atoms in total. The number of hydrogen-bond donors (Lipinski definition) is 3. The molecular weight excluding hydrogens is 216 g/mol. The zero-order chi connectivity index (χ0) is 12.8. The van der Waals surface area contributed by atoms with Crippen molar-refractivity contribution < 1.29 is 4.79 Å². The van der Waals surface area contributed by atoms with Crippen LogP contribution in [0.2, 0.25) is 0 Å². The van der Waals surface area contributed by atoms with Crippen LogP contribution in [0.5, 0.6) is 0 Å². The smallest absolute Gasteiger partial charge is 0.316 e. The number of hydrogen-bond acceptors (Lipinski definition) is 3. The molecule has 0 fully saturated rings. The van der Waals surface area contributed by atoms with Gasteiger partial charge in [-0.3, -0.25) is 0 Å². The molecule has 17 heavy (non-hydrogen) atoms. The minimum absolute atomic E-state index is 0.0831. The second-order valence-electron chi connectivity index (χ2n) is 4.12. The highest BCUT2D eigenvalue weighted by Crippen LogP contribution is 2.15. The van der Waals surface area contributed by atoms with E-state index in [2.05, 4.69) is 10.6 Å². The summed E-state index contributed by atoms with van der Waals surface area (Å²) in [6.45, 7) is 3.23. The van der Waals surface area contributed by atoms with Gasteiger partial charge in [0, 0.05) is 38.6 Å². The van der Waals surface area contributed by atoms with E-state index in [0.29, 0.717) is 13.1 Å². The molecule has 0 bridgehead atoms. The topological polar surface area (TPSA) is 70.4 Å². The molecule has 94 valence electrons. The van der Waals surface area contributed by atoms with E-state index in [1.807, 2.05) is 25.1 Å². The second kappa shape index (κ2) is 5.98. The van der Waals surface area contributed by atoms with Gasteiger partial charge < -0.3 is 21.3 Å². The Bertz CT molecular complexity index is 390. The van der Waals surface area contributed by atoms with Gasteiger partial charge >= 0.3 is 6.03 Å². The maximum atomic E-state index is 11.2. The number of carbonyl (C=O) groups is 1. The molecule has 0 atom stereocenters. The van der Waals surface area contributed by atoms with Crippen molar-refractivity contribution in [2.45, 2.75) is 6.92 Å². The van der Waals surface area contributed by atoms with Crippen LogP contribution in [0, 0.1) is 6.92 Å². The third kappa shape index (κ3) is 4.22. The summed E-state index contributed by atoms with van der Waals surface area (Å²) in [6, 6.07) is 5.70. The first-order valence-corrected chi connectivity index (χ1v) is 5.56. The highest BCUT2D eigenvalue weighted by Gasteiger charge is 2.01. The van der Waals surface area contributed by atoms with Gasteiger partial charge in [-0.05, 0) is 30.7 Å². The highest BCUT2D eigenvalue weighted by atomic mass is 16.2. The lowest BCUT2D eigenvalue weighted by Gasteiger charge is -2.13. The van der Waals surface area contributed by atoms with Crippen LogP contribution in [-0.4, -0.2) is 38.1 Å². The number of carbonyl (C=O) groups excluding carboxylic acids is 1. The highest BCUT2D eigenvalue weighted by molar-refractivity contribution is 5.73. The second-order valence-corrected chi connectivity index (χ2v) is 4.12. The number of amides is 2. The van der Waals surface area contributed by atoms with Crippen LogP contribution >= 0.6 is 0 Å². The summed E-state index contributed by atoms with van der Waals surface area (Å²) < 4.78 is 0. The van der Waals surface area contributed by atoms with Crippen molar-refractivity contribution in [2.75, 3.05) is 38.2 Å². The molecule has 0 aromatic heterocycles. The van der Waals surface area contributed by atoms with Crippen molar-refractivity contribution in [2.24, 2.45) is 0 Å². The van der Waals surface area contributed by atoms with Crippen LogP contribution in [0.25, 0.3) is 0 Å². The normalized spacial score (nSPS) is 9.82. The summed E-state index contributed by atoms with van der Waals surface area (Å²) >= 11 is 0. The molecule has 4 N–H and O–H groups in total. The summed E-state index contributed by atoms with van der Waals surface area (Å²) in [5.41, 5.74) is 8.57. The maximum absolute atomic E-state index is 11.2. The Morgan fingerprint density at radius 3 is 2.65 bits per heavy atom. The summed E-state index contributed by atoms with van der Waals surface area (Å²) in [7, 11) is 3.43. The first-order chi connectivity index (χ1) is 8.00. The average molecular weight is 236 g/mol. The van der Waals surface area contributed by atoms with Crippen molar-refractivity contribution in [1.29, 1.82) is 0 Å². The van der Waals surface area contributed by atoms with E-state index < -0.39 is 0 Å². The molecule has 0 saturated heterocycles. The van der Waals surface area contributed by atoms with Crippen molar-refractivity contribution >= 4 is 17.4 Å². The minimum atomic E-state index is -0.0831. The number of rotatable bonds is 4. The molecule has 0 unspecified atom stereocenters. The Hall–Kier alpha value is -1.91. The van der Waals surface area contributed by atoms with Crippen molar-refractivity contribution in [1.82, 2.24) is 10.2 Å². The van der Waals surface area contributed by atoms with Crippen molar-refractivity contribution in [3.63, 3.8) is 0 Å². The Balaban J connectivity index is 2.31. The Morgan fingerprint density at radius 2 is 2.06 bits per heavy atom. The fraction of sp³-hybridized carbons (Fsp3) is 0.417. The fourth-order valence-corrected chi connectivity index (χ4v) is 1.32. The van der Waals surface area contributed by atoms with E-state index in [4.69, 9.17) is 5.73 Å². The van der Waals surface area contributed by atoms with Crippen LogP contribution < -0.4 is 16.4 Å². The molecule has 1 aromatic rings. The summed E-state index contributed by atoms with van der Waals surface area (Å²) in [5, 5.41) is 6.00. The van der Waals surface area contributed by atoms with E-state index >= 15 is 0 Å². The molecule has 1 rings (SSSR count). The zero-order valence-corrected chi connectivity index (χ0v) is 10.6. The molecule has 2 amide bonds. The van der Waals surface area contributed by atoms with Crippen LogP contribution in [0.3, 0.4) is 0 Å². The number of benzene rings is 1. The van der Waals surface area contributed by atoms with E-state index in [1.165, 1.54) is 4.90 Å². The predicted octanol–water partition coefficient (Wildman–Crippen LogP) is 1.26. The first kappa shape index (κ1) is 13.2. The molecule has 0 aliphatic rings. The summed E-state index contributed by atoms with van der Waals surface area (Å²) in [6.07, 6.45) is 0. The lowest BCUT2D eigenvalue weighted by atomic mass is 10.2.